The summed E-state index contributed by atoms with van der Waals surface area (Å²) in [5.41, 5.74) is 0. The molecule has 0 spiro atoms. The minimum absolute atomic E-state index is 0.117. The van der Waals surface area contributed by atoms with Gasteiger partial charge in [0.2, 0.25) is 0 Å². The average molecular weight is 984 g/mol. The Hall–Kier alpha value is -4.19. The molecule has 0 aliphatic rings. The Balaban J connectivity index is 4.56. The minimum atomic E-state index is -0.828. The Bertz CT molecular complexity index is 1500. The molecular weight excluding hydrogens is 877 g/mol. The average Bonchev–Trinajstić information content (AvgIpc) is 3.37. The first-order valence-electron chi connectivity index (χ1n) is 29.0. The standard InChI is InChI=1S/C65H106O6/c1-4-7-10-13-16-19-22-25-28-31-32-35-37-40-43-46-49-52-55-58-64(67)70-61-62(71-65(68)59-56-53-50-47-44-41-38-34-30-27-24-21-18-15-12-9-6-3)60-69-63(66)57-54-51-48-45-42-39-36-33-29-26-23-20-17-14-11-8-5-2/h16-21,25-30,32,35,38,40-41,43,47,50,62H,4-15,22-24,31,33-34,36-37,39,42,44-46,48-49,51-61H2,1-3H3/b19-16-,20-17-,21-18-,28-25-,29-26-,30-27-,35-32-,41-38-,43-40-,50-47-/t62-/m1/s1. The largest absolute Gasteiger partial charge is 0.462 e. The highest BCUT2D eigenvalue weighted by Gasteiger charge is 2.19. The molecule has 0 aromatic heterocycles. The second-order valence-corrected chi connectivity index (χ2v) is 18.8. The lowest BCUT2D eigenvalue weighted by molar-refractivity contribution is -0.167. The topological polar surface area (TPSA) is 78.9 Å². The SMILES string of the molecule is CCCCC/C=C\C/C=C\C/C=C\C/C=C\CCCCCC(=O)OC[C@@H](COC(=O)CCCCCCCCC/C=C\C/C=C\CCCCC)OC(=O)CCC/C=C\C/C=C\C/C=C\C/C=C\CCCCC. The maximum Gasteiger partial charge on any atom is 0.306 e. The van der Waals surface area contributed by atoms with Crippen molar-refractivity contribution < 1.29 is 28.6 Å². The third kappa shape index (κ3) is 56.6. The molecule has 0 heterocycles. The highest BCUT2D eigenvalue weighted by atomic mass is 16.6. The van der Waals surface area contributed by atoms with Crippen LogP contribution in [0.15, 0.2) is 122 Å². The van der Waals surface area contributed by atoms with Crippen molar-refractivity contribution in [3.8, 4) is 0 Å². The molecule has 0 fully saturated rings. The Labute approximate surface area is 437 Å². The Morgan fingerprint density at radius 3 is 0.845 bits per heavy atom. The maximum atomic E-state index is 12.8. The summed E-state index contributed by atoms with van der Waals surface area (Å²) in [5.74, 6) is -1.01. The van der Waals surface area contributed by atoms with E-state index in [4.69, 9.17) is 14.2 Å². The maximum absolute atomic E-state index is 12.8. The van der Waals surface area contributed by atoms with Gasteiger partial charge in [-0.1, -0.05) is 219 Å². The van der Waals surface area contributed by atoms with Gasteiger partial charge in [-0.3, -0.25) is 14.4 Å². The molecule has 0 radical (unpaired) electrons. The Morgan fingerprint density at radius 1 is 0.282 bits per heavy atom. The zero-order chi connectivity index (χ0) is 51.4. The molecule has 0 aliphatic heterocycles. The molecule has 0 saturated heterocycles. The number of unbranched alkanes of at least 4 members (excludes halogenated alkanes) is 20. The van der Waals surface area contributed by atoms with Gasteiger partial charge in [-0.25, -0.2) is 0 Å². The predicted molar refractivity (Wildman–Crippen MR) is 306 cm³/mol. The molecule has 0 saturated carbocycles. The van der Waals surface area contributed by atoms with E-state index in [2.05, 4.69) is 142 Å². The fourth-order valence-corrected chi connectivity index (χ4v) is 7.51. The molecule has 6 nitrogen and oxygen atoms in total. The summed E-state index contributed by atoms with van der Waals surface area (Å²) >= 11 is 0. The van der Waals surface area contributed by atoms with E-state index in [-0.39, 0.29) is 37.5 Å². The smallest absolute Gasteiger partial charge is 0.306 e. The normalized spacial score (nSPS) is 13.0. The number of hydrogen-bond acceptors (Lipinski definition) is 6. The lowest BCUT2D eigenvalue weighted by Crippen LogP contribution is -2.30. The molecular formula is C65H106O6. The van der Waals surface area contributed by atoms with Gasteiger partial charge in [0.05, 0.1) is 0 Å². The summed E-state index contributed by atoms with van der Waals surface area (Å²) < 4.78 is 16.8. The van der Waals surface area contributed by atoms with Crippen molar-refractivity contribution in [3.05, 3.63) is 122 Å². The van der Waals surface area contributed by atoms with Crippen LogP contribution in [0.1, 0.15) is 252 Å². The fourth-order valence-electron chi connectivity index (χ4n) is 7.51. The van der Waals surface area contributed by atoms with Crippen LogP contribution in [0.2, 0.25) is 0 Å². The van der Waals surface area contributed by atoms with Crippen LogP contribution in [0.3, 0.4) is 0 Å². The molecule has 0 aliphatic carbocycles. The number of esters is 3. The quantitative estimate of drug-likeness (QED) is 0.0261. The zero-order valence-corrected chi connectivity index (χ0v) is 45.9. The van der Waals surface area contributed by atoms with Gasteiger partial charge < -0.3 is 14.2 Å². The number of allylic oxidation sites excluding steroid dienone is 20. The molecule has 71 heavy (non-hydrogen) atoms. The lowest BCUT2D eigenvalue weighted by atomic mass is 10.1. The van der Waals surface area contributed by atoms with E-state index >= 15 is 0 Å². The fraction of sp³-hybridized carbons (Fsp3) is 0.646. The highest BCUT2D eigenvalue weighted by Crippen LogP contribution is 2.13. The molecule has 0 amide bonds. The van der Waals surface area contributed by atoms with Crippen LogP contribution in [-0.4, -0.2) is 37.2 Å². The summed E-state index contributed by atoms with van der Waals surface area (Å²) in [5, 5.41) is 0. The van der Waals surface area contributed by atoms with Crippen LogP contribution in [-0.2, 0) is 28.6 Å². The van der Waals surface area contributed by atoms with E-state index in [1.807, 2.05) is 0 Å². The second-order valence-electron chi connectivity index (χ2n) is 18.8. The summed E-state index contributed by atoms with van der Waals surface area (Å²) in [6.45, 7) is 6.47. The summed E-state index contributed by atoms with van der Waals surface area (Å²) in [7, 11) is 0. The first-order chi connectivity index (χ1) is 35.0. The minimum Gasteiger partial charge on any atom is -0.462 e. The van der Waals surface area contributed by atoms with E-state index < -0.39 is 6.10 Å². The molecule has 0 bridgehead atoms. The van der Waals surface area contributed by atoms with E-state index in [0.29, 0.717) is 19.3 Å². The van der Waals surface area contributed by atoms with Crippen LogP contribution in [0, 0.1) is 0 Å². The number of rotatable bonds is 51. The van der Waals surface area contributed by atoms with Gasteiger partial charge in [-0.15, -0.1) is 0 Å². The van der Waals surface area contributed by atoms with Gasteiger partial charge in [0.1, 0.15) is 13.2 Å². The number of carbonyl (C=O) groups excluding carboxylic acids is 3. The molecule has 0 aromatic rings. The van der Waals surface area contributed by atoms with Gasteiger partial charge in [-0.2, -0.15) is 0 Å². The number of carbonyl (C=O) groups is 3. The molecule has 0 N–H and O–H groups in total. The van der Waals surface area contributed by atoms with Crippen molar-refractivity contribution >= 4 is 17.9 Å². The Morgan fingerprint density at radius 2 is 0.521 bits per heavy atom. The van der Waals surface area contributed by atoms with Crippen molar-refractivity contribution in [1.82, 2.24) is 0 Å². The monoisotopic (exact) mass is 983 g/mol. The molecule has 0 unspecified atom stereocenters. The number of ether oxygens (including phenoxy) is 3. The first-order valence-corrected chi connectivity index (χ1v) is 29.0. The van der Waals surface area contributed by atoms with Crippen LogP contribution in [0.4, 0.5) is 0 Å². The van der Waals surface area contributed by atoms with E-state index in [1.54, 1.807) is 0 Å². The van der Waals surface area contributed by atoms with Crippen molar-refractivity contribution in [3.63, 3.8) is 0 Å². The second kappa shape index (κ2) is 58.4. The third-order valence-electron chi connectivity index (χ3n) is 11.9. The number of hydrogen-bond donors (Lipinski definition) is 0. The van der Waals surface area contributed by atoms with Gasteiger partial charge in [0.25, 0.3) is 0 Å². The summed E-state index contributed by atoms with van der Waals surface area (Å²) in [6.07, 6.45) is 80.4. The zero-order valence-electron chi connectivity index (χ0n) is 45.9. The van der Waals surface area contributed by atoms with Gasteiger partial charge in [0.15, 0.2) is 6.10 Å². The van der Waals surface area contributed by atoms with E-state index in [9.17, 15) is 14.4 Å². The third-order valence-corrected chi connectivity index (χ3v) is 11.9. The van der Waals surface area contributed by atoms with Gasteiger partial charge >= 0.3 is 17.9 Å². The van der Waals surface area contributed by atoms with Crippen LogP contribution < -0.4 is 0 Å². The molecule has 6 heteroatoms. The van der Waals surface area contributed by atoms with Crippen molar-refractivity contribution in [2.75, 3.05) is 13.2 Å². The lowest BCUT2D eigenvalue weighted by Gasteiger charge is -2.18. The summed E-state index contributed by atoms with van der Waals surface area (Å²) in [6, 6.07) is 0. The molecule has 1 atom stereocenters. The van der Waals surface area contributed by atoms with Crippen LogP contribution in [0.5, 0.6) is 0 Å². The molecule has 402 valence electrons. The van der Waals surface area contributed by atoms with Crippen LogP contribution >= 0.6 is 0 Å². The first kappa shape index (κ1) is 66.8. The molecule has 0 aromatic carbocycles. The molecule has 0 rings (SSSR count). The van der Waals surface area contributed by atoms with Gasteiger partial charge in [-0.05, 0) is 135 Å². The predicted octanol–water partition coefficient (Wildman–Crippen LogP) is 19.6. The van der Waals surface area contributed by atoms with Crippen LogP contribution in [0.25, 0.3) is 0 Å². The van der Waals surface area contributed by atoms with Gasteiger partial charge in [0, 0.05) is 19.3 Å². The highest BCUT2D eigenvalue weighted by molar-refractivity contribution is 5.71. The van der Waals surface area contributed by atoms with Crippen molar-refractivity contribution in [2.24, 2.45) is 0 Å². The van der Waals surface area contributed by atoms with Crippen molar-refractivity contribution in [2.45, 2.75) is 258 Å². The summed E-state index contributed by atoms with van der Waals surface area (Å²) in [4.78, 5) is 38.2. The Kier molecular flexibility index (Phi) is 54.9. The van der Waals surface area contributed by atoms with Crippen molar-refractivity contribution in [1.29, 1.82) is 0 Å². The van der Waals surface area contributed by atoms with E-state index in [1.165, 1.54) is 103 Å². The van der Waals surface area contributed by atoms with E-state index in [0.717, 1.165) is 103 Å².